The normalized spacial score (nSPS) is 13.9. The van der Waals surface area contributed by atoms with E-state index in [2.05, 4.69) is 34.6 Å². The highest BCUT2D eigenvalue weighted by molar-refractivity contribution is 6.09. The smallest absolute Gasteiger partial charge is 0.0660 e. The molecule has 0 fully saturated rings. The molecule has 0 aliphatic heterocycles. The molecule has 1 heteroatoms. The Hall–Kier alpha value is 0.0649. The van der Waals surface area contributed by atoms with Crippen LogP contribution in [0.25, 0.3) is 0 Å². The standard InChI is InChI=1S/C8H17B/c1-7(2,3)8(4,5)6-9/h6H2,1-5H3. The van der Waals surface area contributed by atoms with Crippen LogP contribution in [0.2, 0.25) is 6.32 Å². The number of hydrogen-bond acceptors (Lipinski definition) is 0. The minimum atomic E-state index is 0.257. The SMILES string of the molecule is [B]CC(C)(C)C(C)(C)C. The lowest BCUT2D eigenvalue weighted by molar-refractivity contribution is 0.157. The maximum absolute atomic E-state index is 5.59. The predicted molar refractivity (Wildman–Crippen MR) is 43.8 cm³/mol. The Morgan fingerprint density at radius 2 is 1.33 bits per heavy atom. The van der Waals surface area contributed by atoms with E-state index in [4.69, 9.17) is 7.85 Å². The van der Waals surface area contributed by atoms with Crippen LogP contribution in [-0.4, -0.2) is 7.85 Å². The van der Waals surface area contributed by atoms with Crippen molar-refractivity contribution in [2.75, 3.05) is 0 Å². The third-order valence-corrected chi connectivity index (χ3v) is 2.54. The van der Waals surface area contributed by atoms with Gasteiger partial charge in [-0.25, -0.2) is 0 Å². The Balaban J connectivity index is 4.14. The Labute approximate surface area is 60.4 Å². The summed E-state index contributed by atoms with van der Waals surface area (Å²) in [5.74, 6) is 0. The van der Waals surface area contributed by atoms with Gasteiger partial charge < -0.3 is 0 Å². The zero-order chi connectivity index (χ0) is 7.71. The van der Waals surface area contributed by atoms with Crippen LogP contribution in [0.4, 0.5) is 0 Å². The molecular weight excluding hydrogens is 107 g/mol. The minimum absolute atomic E-state index is 0.257. The van der Waals surface area contributed by atoms with Crippen LogP contribution in [0.3, 0.4) is 0 Å². The Kier molecular flexibility index (Phi) is 2.38. The predicted octanol–water partition coefficient (Wildman–Crippen LogP) is 2.65. The van der Waals surface area contributed by atoms with Gasteiger partial charge in [-0.15, -0.1) is 0 Å². The van der Waals surface area contributed by atoms with Crippen molar-refractivity contribution in [2.45, 2.75) is 40.9 Å². The van der Waals surface area contributed by atoms with Crippen molar-refractivity contribution in [1.29, 1.82) is 0 Å². The Morgan fingerprint density at radius 3 is 1.33 bits per heavy atom. The second-order valence-electron chi connectivity index (χ2n) is 4.34. The Bertz CT molecular complexity index is 87.2. The molecule has 0 saturated heterocycles. The summed E-state index contributed by atoms with van der Waals surface area (Å²) in [5, 5.41) is 0. The average Bonchev–Trinajstić information content (AvgIpc) is 1.64. The van der Waals surface area contributed by atoms with Gasteiger partial charge in [-0.05, 0) is 10.8 Å². The summed E-state index contributed by atoms with van der Waals surface area (Å²) in [6.45, 7) is 11.1. The summed E-state index contributed by atoms with van der Waals surface area (Å²) in [4.78, 5) is 0. The van der Waals surface area contributed by atoms with E-state index in [1.165, 1.54) is 0 Å². The zero-order valence-electron chi connectivity index (χ0n) is 7.28. The first-order valence-corrected chi connectivity index (χ1v) is 3.51. The fraction of sp³-hybridized carbons (Fsp3) is 1.00. The maximum atomic E-state index is 5.59. The van der Waals surface area contributed by atoms with Crippen molar-refractivity contribution in [2.24, 2.45) is 10.8 Å². The van der Waals surface area contributed by atoms with E-state index in [9.17, 15) is 0 Å². The molecule has 0 spiro atoms. The molecule has 0 aromatic carbocycles. The molecule has 0 aromatic rings. The van der Waals surface area contributed by atoms with Crippen molar-refractivity contribution in [3.05, 3.63) is 0 Å². The summed E-state index contributed by atoms with van der Waals surface area (Å²) in [5.41, 5.74) is 0.578. The molecule has 0 rings (SSSR count). The van der Waals surface area contributed by atoms with Gasteiger partial charge in [0.1, 0.15) is 0 Å². The van der Waals surface area contributed by atoms with Crippen molar-refractivity contribution in [3.8, 4) is 0 Å². The van der Waals surface area contributed by atoms with Crippen molar-refractivity contribution in [3.63, 3.8) is 0 Å². The molecule has 9 heavy (non-hydrogen) atoms. The summed E-state index contributed by atoms with van der Waals surface area (Å²) < 4.78 is 0. The van der Waals surface area contributed by atoms with Crippen LogP contribution in [0.5, 0.6) is 0 Å². The summed E-state index contributed by atoms with van der Waals surface area (Å²) in [6, 6.07) is 0. The molecule has 0 nitrogen and oxygen atoms in total. The van der Waals surface area contributed by atoms with Gasteiger partial charge in [-0.3, -0.25) is 0 Å². The van der Waals surface area contributed by atoms with Gasteiger partial charge in [0.25, 0.3) is 0 Å². The number of hydrogen-bond donors (Lipinski definition) is 0. The highest BCUT2D eigenvalue weighted by Crippen LogP contribution is 2.39. The van der Waals surface area contributed by atoms with Crippen LogP contribution < -0.4 is 0 Å². The zero-order valence-corrected chi connectivity index (χ0v) is 7.28. The quantitative estimate of drug-likeness (QED) is 0.471. The van der Waals surface area contributed by atoms with E-state index >= 15 is 0 Å². The molecule has 2 radical (unpaired) electrons. The van der Waals surface area contributed by atoms with Gasteiger partial charge in [-0.1, -0.05) is 40.9 Å². The van der Waals surface area contributed by atoms with E-state index in [1.807, 2.05) is 0 Å². The molecule has 0 atom stereocenters. The van der Waals surface area contributed by atoms with Crippen LogP contribution >= 0.6 is 0 Å². The maximum Gasteiger partial charge on any atom is 0.0660 e. The van der Waals surface area contributed by atoms with Crippen LogP contribution in [0.1, 0.15) is 34.6 Å². The van der Waals surface area contributed by atoms with Gasteiger partial charge in [0.05, 0.1) is 7.85 Å². The first-order chi connectivity index (χ1) is 3.81. The van der Waals surface area contributed by atoms with Crippen LogP contribution in [-0.2, 0) is 0 Å². The minimum Gasteiger partial charge on any atom is -0.0832 e. The molecule has 0 aliphatic carbocycles. The van der Waals surface area contributed by atoms with E-state index in [1.54, 1.807) is 0 Å². The first kappa shape index (κ1) is 9.06. The molecule has 0 amide bonds. The van der Waals surface area contributed by atoms with E-state index in [-0.39, 0.29) is 5.41 Å². The fourth-order valence-corrected chi connectivity index (χ4v) is 0.306. The summed E-state index contributed by atoms with van der Waals surface area (Å²) in [7, 11) is 5.59. The molecular formula is C8H17B. The summed E-state index contributed by atoms with van der Waals surface area (Å²) in [6.07, 6.45) is 0.760. The van der Waals surface area contributed by atoms with Gasteiger partial charge in [0, 0.05) is 0 Å². The van der Waals surface area contributed by atoms with Gasteiger partial charge >= 0.3 is 0 Å². The molecule has 0 aliphatic rings. The fourth-order valence-electron chi connectivity index (χ4n) is 0.306. The molecule has 0 bridgehead atoms. The number of rotatable bonds is 1. The van der Waals surface area contributed by atoms with Crippen molar-refractivity contribution < 1.29 is 0 Å². The molecule has 0 heterocycles. The first-order valence-electron chi connectivity index (χ1n) is 3.51. The molecule has 52 valence electrons. The second-order valence-corrected chi connectivity index (χ2v) is 4.34. The highest BCUT2D eigenvalue weighted by atomic mass is 14.3. The average molecular weight is 124 g/mol. The lowest BCUT2D eigenvalue weighted by Gasteiger charge is -2.38. The third kappa shape index (κ3) is 2.04. The Morgan fingerprint density at radius 1 is 1.00 bits per heavy atom. The molecule has 0 N–H and O–H groups in total. The molecule has 0 aromatic heterocycles. The highest BCUT2D eigenvalue weighted by Gasteiger charge is 2.29. The van der Waals surface area contributed by atoms with E-state index in [0.717, 1.165) is 6.32 Å². The van der Waals surface area contributed by atoms with Crippen LogP contribution in [0.15, 0.2) is 0 Å². The van der Waals surface area contributed by atoms with Crippen LogP contribution in [0, 0.1) is 10.8 Å². The van der Waals surface area contributed by atoms with Gasteiger partial charge in [0.15, 0.2) is 0 Å². The van der Waals surface area contributed by atoms with Crippen molar-refractivity contribution >= 4 is 7.85 Å². The third-order valence-electron chi connectivity index (χ3n) is 2.54. The van der Waals surface area contributed by atoms with Gasteiger partial charge in [0.2, 0.25) is 0 Å². The monoisotopic (exact) mass is 124 g/mol. The van der Waals surface area contributed by atoms with Gasteiger partial charge in [-0.2, -0.15) is 0 Å². The molecule has 0 unspecified atom stereocenters. The topological polar surface area (TPSA) is 0 Å². The van der Waals surface area contributed by atoms with E-state index in [0.29, 0.717) is 5.41 Å². The van der Waals surface area contributed by atoms with E-state index < -0.39 is 0 Å². The lowest BCUT2D eigenvalue weighted by atomic mass is 9.63. The lowest BCUT2D eigenvalue weighted by Crippen LogP contribution is -2.28. The molecule has 0 saturated carbocycles. The second kappa shape index (κ2) is 2.36. The largest absolute Gasteiger partial charge is 0.0832 e. The van der Waals surface area contributed by atoms with Crippen molar-refractivity contribution in [1.82, 2.24) is 0 Å². The summed E-state index contributed by atoms with van der Waals surface area (Å²) >= 11 is 0.